The summed E-state index contributed by atoms with van der Waals surface area (Å²) < 4.78 is 13.1. The third-order valence-corrected chi connectivity index (χ3v) is 240. The summed E-state index contributed by atoms with van der Waals surface area (Å²) in [4.78, 5) is 0. The second-order valence-corrected chi connectivity index (χ2v) is 166. The molecule has 0 aliphatic carbocycles. The number of hydrogen-bond acceptors (Lipinski definition) is 6. The van der Waals surface area contributed by atoms with Gasteiger partial charge in [0.25, 0.3) is 0 Å². The second kappa shape index (κ2) is 42.8. The summed E-state index contributed by atoms with van der Waals surface area (Å²) in [5, 5.41) is 0. The average Bonchev–Trinajstić information content (AvgIpc) is 2.93. The van der Waals surface area contributed by atoms with Crippen LogP contribution in [-0.4, -0.2) is 0 Å². The smallest absolute Gasteiger partial charge is 0.0989 e. The van der Waals surface area contributed by atoms with Crippen molar-refractivity contribution in [2.75, 3.05) is 0 Å². The van der Waals surface area contributed by atoms with Crippen molar-refractivity contribution >= 4 is 376 Å². The Balaban J connectivity index is -0.000000307. The zero-order valence-corrected chi connectivity index (χ0v) is 70.1. The molecule has 0 radical (unpaired) electrons. The predicted octanol–water partition coefficient (Wildman–Crippen LogP) is 24.9. The number of nitrogens with zero attached hydrogens (tertiary/aromatic N) is 3. The van der Waals surface area contributed by atoms with Crippen molar-refractivity contribution in [3.63, 3.8) is 0 Å². The van der Waals surface area contributed by atoms with Gasteiger partial charge in [-0.05, 0) is 69.9 Å². The van der Waals surface area contributed by atoms with Gasteiger partial charge < -0.3 is 0 Å². The molecule has 48 heavy (non-hydrogen) atoms. The van der Waals surface area contributed by atoms with Crippen LogP contribution in [-0.2, 0) is 37.3 Å². The van der Waals surface area contributed by atoms with Crippen LogP contribution >= 0.6 is 339 Å². The van der Waals surface area contributed by atoms with Crippen LogP contribution in [0.3, 0.4) is 0 Å². The van der Waals surface area contributed by atoms with Crippen molar-refractivity contribution in [1.82, 2.24) is 0 Å². The Kier molecular flexibility index (Phi) is 62.7. The van der Waals surface area contributed by atoms with Crippen molar-refractivity contribution in [1.29, 1.82) is 0 Å². The minimum atomic E-state index is -0.325. The molecule has 0 heterocycles. The highest BCUT2D eigenvalue weighted by atomic mass is 33.3. The van der Waals surface area contributed by atoms with E-state index in [4.69, 9.17) is 37.3 Å². The molecule has 290 valence electrons. The fraction of sp³-hybridized carbons (Fsp3) is 0. The molecule has 0 saturated carbocycles. The summed E-state index contributed by atoms with van der Waals surface area (Å²) in [6.07, 6.45) is 0. The molecule has 3 nitrogen and oxygen atoms in total. The molecule has 0 rings (SSSR count). The third kappa shape index (κ3) is 31.5. The topological polar surface area (TPSA) is 37.1 Å². The maximum absolute atomic E-state index is 5.16. The van der Waals surface area contributed by atoms with Crippen LogP contribution < -0.4 is 0 Å². The molecule has 48 heteroatoms. The van der Waals surface area contributed by atoms with E-state index < -0.39 is 0 Å². The van der Waals surface area contributed by atoms with Crippen molar-refractivity contribution in [2.24, 2.45) is 12.4 Å². The van der Waals surface area contributed by atoms with Gasteiger partial charge in [-0.25, -0.2) is 0 Å². The Morgan fingerprint density at radius 2 is 0.562 bits per heavy atom. The average molecular weight is 1490 g/mol. The maximum atomic E-state index is 5.16. The van der Waals surface area contributed by atoms with Gasteiger partial charge >= 0.3 is 0 Å². The lowest BCUT2D eigenvalue weighted by atomic mass is 13.9. The Labute approximate surface area is 384 Å². The van der Waals surface area contributed by atoms with Gasteiger partial charge in [0.2, 0.25) is 0 Å². The molecule has 0 aliphatic rings. The van der Waals surface area contributed by atoms with Crippen molar-refractivity contribution in [3.05, 3.63) is 0 Å². The maximum Gasteiger partial charge on any atom is 0.0989 e. The van der Waals surface area contributed by atoms with Gasteiger partial charge in [0, 0.05) is 80.6 Å². The van der Waals surface area contributed by atoms with Gasteiger partial charge in [-0.1, -0.05) is 16.9 Å². The van der Waals surface area contributed by atoms with Crippen LogP contribution in [0.2, 0.25) is 0 Å². The monoisotopic (exact) mass is 1490 g/mol. The Morgan fingerprint density at radius 3 is 0.729 bits per heavy atom. The van der Waals surface area contributed by atoms with Crippen LogP contribution in [0, 0.1) is 0 Å². The fourth-order valence-electron chi connectivity index (χ4n) is 1.95. The van der Waals surface area contributed by atoms with Gasteiger partial charge in [-0.15, -0.1) is 187 Å². The van der Waals surface area contributed by atoms with Crippen LogP contribution in [0.15, 0.2) is 12.4 Å². The normalized spacial score (nSPS) is 15.4. The molecule has 27 unspecified atom stereocenters. The van der Waals surface area contributed by atoms with Crippen molar-refractivity contribution in [2.45, 2.75) is 0 Å². The molecule has 0 aliphatic heterocycles. The fourth-order valence-corrected chi connectivity index (χ4v) is 362. The number of hydrogen-bond donors (Lipinski definition) is 0. The molecule has 0 aromatic rings. The van der Waals surface area contributed by atoms with Gasteiger partial charge in [0.05, 0.1) is 22.3 Å². The molecule has 0 aromatic heterocycles. The Bertz CT molecular complexity index is 774. The van der Waals surface area contributed by atoms with Gasteiger partial charge in [0.15, 0.2) is 0 Å². The minimum Gasteiger partial charge on any atom is -0.185 e. The zero-order chi connectivity index (χ0) is 38.8. The minimum absolute atomic E-state index is 0. The standard InChI is InChI=1S/H16NP15S.H15NP14S.H14NP13S.H2/c2-11(3)15(12(4)5)10(1-17)16(13(6)7)14(8)9;2-9-14(11(3)4)10(1-16)15(12(5)6)13(7)8;2-10(3)13(8)9(1-15)14(11(4)5)12(6)7;/h2-9H2;9H,2-8H2;2-8H2;1H/i;;;1+2. The molecule has 27 atom stereocenters. The zero-order valence-electron chi connectivity index (χ0n) is 24.3. The Morgan fingerprint density at radius 1 is 0.333 bits per heavy atom. The van der Waals surface area contributed by atoms with Crippen molar-refractivity contribution < 1.29 is 1.43 Å². The molecular weight excluding hydrogens is 1440 g/mol. The first-order valence-corrected chi connectivity index (χ1v) is 85.7. The first kappa shape index (κ1) is 70.4. The molecule has 0 N–H and O–H groups in total. The highest BCUT2D eigenvalue weighted by Crippen LogP contribution is 3.22. The van der Waals surface area contributed by atoms with E-state index in [1.54, 1.807) is 0 Å². The highest BCUT2D eigenvalue weighted by Gasteiger charge is 2.38. The predicted molar refractivity (Wildman–Crippen MR) is 385 cm³/mol. The van der Waals surface area contributed by atoms with Crippen LogP contribution in [0.5, 0.6) is 0 Å². The lowest BCUT2D eigenvalue weighted by molar-refractivity contribution is 2.10. The molecule has 0 spiro atoms. The van der Waals surface area contributed by atoms with Crippen molar-refractivity contribution in [3.8, 4) is 0 Å². The van der Waals surface area contributed by atoms with E-state index in [1.807, 2.05) is 0 Å². The quantitative estimate of drug-likeness (QED) is 0.114. The van der Waals surface area contributed by atoms with E-state index in [9.17, 15) is 0 Å². The van der Waals surface area contributed by atoms with Crippen LogP contribution in [0.25, 0.3) is 0 Å². The second-order valence-electron chi connectivity index (χ2n) is 6.66. The number of rotatable bonds is 20. The summed E-state index contributed by atoms with van der Waals surface area (Å²) in [7, 11) is 65.6. The van der Waals surface area contributed by atoms with E-state index in [0.29, 0.717) is 0 Å². The first-order valence-electron chi connectivity index (χ1n) is 10.3. The summed E-state index contributed by atoms with van der Waals surface area (Å²) in [6, 6.07) is 0. The van der Waals surface area contributed by atoms with Crippen LogP contribution in [0.4, 0.5) is 0 Å². The van der Waals surface area contributed by atoms with E-state index in [2.05, 4.69) is 209 Å². The lowest BCUT2D eigenvalue weighted by Crippen LogP contribution is -1.56. The molecule has 0 saturated heterocycles. The largest absolute Gasteiger partial charge is 0.185 e. The van der Waals surface area contributed by atoms with Crippen LogP contribution in [0.1, 0.15) is 1.43 Å². The first-order chi connectivity index (χ1) is 21.9. The SMILES string of the molecule is PP(P)P(P(P)P)P(N=S)P(P(P)P)P(P)P.PP(P)P(P)P(N=S)P(P(P)P)P(P)P.PPP(P(P)P)P(N=S)P(P(P)P)P(P)P.[3HH]. The summed E-state index contributed by atoms with van der Waals surface area (Å²) >= 11 is 15.3. The summed E-state index contributed by atoms with van der Waals surface area (Å²) in [6.45, 7) is -0.924. The molecule has 0 bridgehead atoms. The highest BCUT2D eigenvalue weighted by molar-refractivity contribution is 9.25. The van der Waals surface area contributed by atoms with E-state index in [-0.39, 0.29) is 136 Å². The molecular formula is H47N3P42S3. The summed E-state index contributed by atoms with van der Waals surface area (Å²) in [5.74, 6) is 0. The molecule has 0 aromatic carbocycles. The van der Waals surface area contributed by atoms with E-state index in [0.717, 1.165) is 7.96 Å². The lowest BCUT2D eigenvalue weighted by Gasteiger charge is -2.37. The molecule has 0 fully saturated rings. The van der Waals surface area contributed by atoms with E-state index >= 15 is 0 Å². The van der Waals surface area contributed by atoms with E-state index in [1.165, 1.54) is 0 Å². The Hall–Kier alpha value is 18.1. The van der Waals surface area contributed by atoms with Gasteiger partial charge in [0.1, 0.15) is 0 Å². The van der Waals surface area contributed by atoms with Gasteiger partial charge in [-0.2, -0.15) is 12.4 Å². The third-order valence-electron chi connectivity index (χ3n) is 3.44. The summed E-state index contributed by atoms with van der Waals surface area (Å²) in [5.41, 5.74) is 0. The van der Waals surface area contributed by atoms with Gasteiger partial charge in [-0.3, -0.25) is 0 Å². The molecule has 0 amide bonds.